The number of rotatable bonds is 3. The van der Waals surface area contributed by atoms with Gasteiger partial charge in [0.25, 0.3) is 5.69 Å². The number of nitrogens with zero attached hydrogens (tertiary/aromatic N) is 1. The topological polar surface area (TPSA) is 92.5 Å². The molecular formula is C13H16N2O4. The van der Waals surface area contributed by atoms with Gasteiger partial charge in [0, 0.05) is 17.3 Å². The van der Waals surface area contributed by atoms with Crippen LogP contribution in [0.25, 0.3) is 0 Å². The maximum Gasteiger partial charge on any atom is 0.274 e. The van der Waals surface area contributed by atoms with Gasteiger partial charge in [-0.3, -0.25) is 14.9 Å². The molecule has 0 aromatic heterocycles. The fraction of sp³-hybridized carbons (Fsp3) is 0.462. The van der Waals surface area contributed by atoms with E-state index < -0.39 is 16.9 Å². The van der Waals surface area contributed by atoms with Crippen LogP contribution in [0.3, 0.4) is 0 Å². The predicted molar refractivity (Wildman–Crippen MR) is 69.8 cm³/mol. The van der Waals surface area contributed by atoms with Gasteiger partial charge in [0.05, 0.1) is 16.9 Å². The summed E-state index contributed by atoms with van der Waals surface area (Å²) in [4.78, 5) is 22.3. The van der Waals surface area contributed by atoms with Gasteiger partial charge in [0.1, 0.15) is 0 Å². The predicted octanol–water partition coefficient (Wildman–Crippen LogP) is 2.00. The van der Waals surface area contributed by atoms with Gasteiger partial charge in [-0.1, -0.05) is 6.07 Å². The first-order valence-corrected chi connectivity index (χ1v) is 6.23. The highest BCUT2D eigenvalue weighted by molar-refractivity contribution is 5.93. The number of hydrogen-bond acceptors (Lipinski definition) is 4. The summed E-state index contributed by atoms with van der Waals surface area (Å²) in [6, 6.07) is 4.56. The zero-order chi connectivity index (χ0) is 14.0. The number of carbonyl (C=O) groups excluding carboxylic acids is 1. The first-order valence-electron chi connectivity index (χ1n) is 6.23. The summed E-state index contributed by atoms with van der Waals surface area (Å²) < 4.78 is 0. The van der Waals surface area contributed by atoms with E-state index in [-0.39, 0.29) is 11.6 Å². The standard InChI is InChI=1S/C13H16N2O4/c1-8-5-6-9(7-11(8)15(18)19)14-13(17)10-3-2-4-12(10)16/h5-7,10,12,16H,2-4H2,1H3,(H,14,17). The SMILES string of the molecule is Cc1ccc(NC(=O)C2CCCC2O)cc1[N+](=O)[O-]. The van der Waals surface area contributed by atoms with Crippen LogP contribution in [0.5, 0.6) is 0 Å². The molecule has 19 heavy (non-hydrogen) atoms. The van der Waals surface area contributed by atoms with Crippen molar-refractivity contribution in [3.63, 3.8) is 0 Å². The molecule has 2 unspecified atom stereocenters. The Morgan fingerprint density at radius 1 is 1.47 bits per heavy atom. The molecule has 2 rings (SSSR count). The number of aliphatic hydroxyl groups excluding tert-OH is 1. The van der Waals surface area contributed by atoms with Crippen LogP contribution in [0.4, 0.5) is 11.4 Å². The molecule has 1 saturated carbocycles. The quantitative estimate of drug-likeness (QED) is 0.645. The van der Waals surface area contributed by atoms with E-state index in [1.807, 2.05) is 0 Å². The number of hydrogen-bond donors (Lipinski definition) is 2. The highest BCUT2D eigenvalue weighted by Crippen LogP contribution is 2.28. The van der Waals surface area contributed by atoms with Crippen LogP contribution in [0.15, 0.2) is 18.2 Å². The number of nitro benzene ring substituents is 1. The molecule has 2 N–H and O–H groups in total. The van der Waals surface area contributed by atoms with Crippen LogP contribution in [0, 0.1) is 23.0 Å². The highest BCUT2D eigenvalue weighted by atomic mass is 16.6. The van der Waals surface area contributed by atoms with Gasteiger partial charge in [-0.15, -0.1) is 0 Å². The van der Waals surface area contributed by atoms with Gasteiger partial charge >= 0.3 is 0 Å². The largest absolute Gasteiger partial charge is 0.392 e. The highest BCUT2D eigenvalue weighted by Gasteiger charge is 2.31. The Bertz CT molecular complexity index is 515. The molecule has 2 atom stereocenters. The van der Waals surface area contributed by atoms with Crippen LogP contribution >= 0.6 is 0 Å². The number of nitrogens with one attached hydrogen (secondary N) is 1. The second kappa shape index (κ2) is 5.36. The molecular weight excluding hydrogens is 248 g/mol. The second-order valence-electron chi connectivity index (χ2n) is 4.85. The average Bonchev–Trinajstić information content (AvgIpc) is 2.77. The number of benzene rings is 1. The van der Waals surface area contributed by atoms with Crippen LogP contribution in [-0.2, 0) is 4.79 Å². The monoisotopic (exact) mass is 264 g/mol. The second-order valence-corrected chi connectivity index (χ2v) is 4.85. The first-order chi connectivity index (χ1) is 8.99. The summed E-state index contributed by atoms with van der Waals surface area (Å²) in [5, 5.41) is 23.1. The third-order valence-corrected chi connectivity index (χ3v) is 3.49. The van der Waals surface area contributed by atoms with E-state index in [4.69, 9.17) is 0 Å². The maximum atomic E-state index is 12.0. The number of aliphatic hydroxyl groups is 1. The van der Waals surface area contributed by atoms with Gasteiger partial charge in [0.15, 0.2) is 0 Å². The zero-order valence-corrected chi connectivity index (χ0v) is 10.6. The maximum absolute atomic E-state index is 12.0. The minimum Gasteiger partial charge on any atom is -0.392 e. The molecule has 0 heterocycles. The van der Waals surface area contributed by atoms with Crippen molar-refractivity contribution >= 4 is 17.3 Å². The summed E-state index contributed by atoms with van der Waals surface area (Å²) in [6.07, 6.45) is 1.50. The molecule has 6 heteroatoms. The number of anilines is 1. The molecule has 0 bridgehead atoms. The number of nitro groups is 1. The Morgan fingerprint density at radius 3 is 2.79 bits per heavy atom. The number of aryl methyl sites for hydroxylation is 1. The van der Waals surface area contributed by atoms with Crippen LogP contribution in [0.2, 0.25) is 0 Å². The Balaban J connectivity index is 2.13. The molecule has 6 nitrogen and oxygen atoms in total. The van der Waals surface area contributed by atoms with E-state index in [9.17, 15) is 20.0 Å². The third-order valence-electron chi connectivity index (χ3n) is 3.49. The van der Waals surface area contributed by atoms with Crippen molar-refractivity contribution in [2.45, 2.75) is 32.3 Å². The van der Waals surface area contributed by atoms with E-state index >= 15 is 0 Å². The fourth-order valence-electron chi connectivity index (χ4n) is 2.37. The lowest BCUT2D eigenvalue weighted by Crippen LogP contribution is -2.28. The Labute approximate surface area is 110 Å². The van der Waals surface area contributed by atoms with Crippen molar-refractivity contribution in [1.82, 2.24) is 0 Å². The summed E-state index contributed by atoms with van der Waals surface area (Å²) in [7, 11) is 0. The zero-order valence-electron chi connectivity index (χ0n) is 10.6. The lowest BCUT2D eigenvalue weighted by Gasteiger charge is -2.14. The normalized spacial score (nSPS) is 22.2. The molecule has 1 fully saturated rings. The Hall–Kier alpha value is -1.95. The summed E-state index contributed by atoms with van der Waals surface area (Å²) in [5.74, 6) is -0.691. The van der Waals surface area contributed by atoms with Crippen LogP contribution < -0.4 is 5.32 Å². The smallest absolute Gasteiger partial charge is 0.274 e. The first kappa shape index (κ1) is 13.5. The van der Waals surface area contributed by atoms with Crippen molar-refractivity contribution in [2.75, 3.05) is 5.32 Å². The summed E-state index contributed by atoms with van der Waals surface area (Å²) >= 11 is 0. The van der Waals surface area contributed by atoms with Gasteiger partial charge in [-0.05, 0) is 32.3 Å². The van der Waals surface area contributed by atoms with Gasteiger partial charge in [-0.25, -0.2) is 0 Å². The molecule has 1 aliphatic rings. The molecule has 1 amide bonds. The lowest BCUT2D eigenvalue weighted by molar-refractivity contribution is -0.385. The van der Waals surface area contributed by atoms with Crippen molar-refractivity contribution in [3.8, 4) is 0 Å². The van der Waals surface area contributed by atoms with E-state index in [0.29, 0.717) is 24.1 Å². The lowest BCUT2D eigenvalue weighted by atomic mass is 10.0. The number of amides is 1. The van der Waals surface area contributed by atoms with Gasteiger partial charge in [-0.2, -0.15) is 0 Å². The van der Waals surface area contributed by atoms with Crippen molar-refractivity contribution < 1.29 is 14.8 Å². The Morgan fingerprint density at radius 2 is 2.21 bits per heavy atom. The fourth-order valence-corrected chi connectivity index (χ4v) is 2.37. The average molecular weight is 264 g/mol. The van der Waals surface area contributed by atoms with Crippen molar-refractivity contribution in [2.24, 2.45) is 5.92 Å². The molecule has 0 radical (unpaired) electrons. The van der Waals surface area contributed by atoms with Crippen LogP contribution in [-0.4, -0.2) is 22.0 Å². The minimum absolute atomic E-state index is 0.0234. The van der Waals surface area contributed by atoms with Crippen LogP contribution in [0.1, 0.15) is 24.8 Å². The molecule has 1 aromatic carbocycles. The molecule has 0 saturated heterocycles. The summed E-state index contributed by atoms with van der Waals surface area (Å²) in [6.45, 7) is 1.64. The molecule has 1 aliphatic carbocycles. The van der Waals surface area contributed by atoms with E-state index in [1.165, 1.54) is 6.07 Å². The summed E-state index contributed by atoms with van der Waals surface area (Å²) in [5.41, 5.74) is 0.912. The minimum atomic E-state index is -0.611. The molecule has 1 aromatic rings. The number of carbonyl (C=O) groups is 1. The molecule has 0 spiro atoms. The third kappa shape index (κ3) is 2.90. The Kier molecular flexibility index (Phi) is 3.80. The molecule has 0 aliphatic heterocycles. The van der Waals surface area contributed by atoms with Crippen molar-refractivity contribution in [1.29, 1.82) is 0 Å². The van der Waals surface area contributed by atoms with Gasteiger partial charge in [0.2, 0.25) is 5.91 Å². The van der Waals surface area contributed by atoms with E-state index in [2.05, 4.69) is 5.32 Å². The van der Waals surface area contributed by atoms with E-state index in [1.54, 1.807) is 19.1 Å². The van der Waals surface area contributed by atoms with Gasteiger partial charge < -0.3 is 10.4 Å². The molecule has 102 valence electrons. The van der Waals surface area contributed by atoms with Crippen molar-refractivity contribution in [3.05, 3.63) is 33.9 Å². The van der Waals surface area contributed by atoms with E-state index in [0.717, 1.165) is 6.42 Å².